The van der Waals surface area contributed by atoms with Crippen LogP contribution in [0.25, 0.3) is 0 Å². The second-order valence-electron chi connectivity index (χ2n) is 6.95. The fourth-order valence-corrected chi connectivity index (χ4v) is 4.33. The molecule has 3 atom stereocenters. The minimum atomic E-state index is -0.765. The zero-order valence-corrected chi connectivity index (χ0v) is 12.7. The summed E-state index contributed by atoms with van der Waals surface area (Å²) in [5, 5.41) is 9.15. The second kappa shape index (κ2) is 6.24. The van der Waals surface area contributed by atoms with Crippen LogP contribution in [-0.4, -0.2) is 53.1 Å². The summed E-state index contributed by atoms with van der Waals surface area (Å²) in [4.78, 5) is 27.5. The van der Waals surface area contributed by atoms with Crippen molar-refractivity contribution in [1.29, 1.82) is 0 Å². The molecule has 0 aromatic rings. The highest BCUT2D eigenvalue weighted by molar-refractivity contribution is 5.76. The molecule has 2 saturated heterocycles. The van der Waals surface area contributed by atoms with Gasteiger partial charge in [0.05, 0.1) is 5.92 Å². The average molecular weight is 294 g/mol. The molecule has 0 aromatic carbocycles. The van der Waals surface area contributed by atoms with Crippen LogP contribution in [0.15, 0.2) is 0 Å². The van der Waals surface area contributed by atoms with E-state index in [9.17, 15) is 9.59 Å². The molecule has 2 aliphatic heterocycles. The Morgan fingerprint density at radius 1 is 0.810 bits per heavy atom. The zero-order valence-electron chi connectivity index (χ0n) is 12.7. The third-order valence-electron chi connectivity index (χ3n) is 5.60. The Kier molecular flexibility index (Phi) is 4.36. The van der Waals surface area contributed by atoms with E-state index in [1.54, 1.807) is 4.90 Å². The summed E-state index contributed by atoms with van der Waals surface area (Å²) in [5.41, 5.74) is 0. The molecule has 1 N–H and O–H groups in total. The Hall–Kier alpha value is -1.26. The molecule has 3 aliphatic rings. The number of carboxylic acids is 1. The highest BCUT2D eigenvalue weighted by Gasteiger charge is 2.36. The smallest absolute Gasteiger partial charge is 0.320 e. The predicted octanol–water partition coefficient (Wildman–Crippen LogP) is 2.42. The standard InChI is InChI=1S/C16H26N2O3/c19-15(20)14-6-3-8-17(11-14)16(21)18-9-7-12-4-1-2-5-13(12)10-18/h12-14H,1-11H2,(H,19,20)/t12?,13?,14-/m0/s1. The van der Waals surface area contributed by atoms with Crippen LogP contribution in [0.3, 0.4) is 0 Å². The molecule has 1 aliphatic carbocycles. The van der Waals surface area contributed by atoms with Crippen molar-refractivity contribution in [1.82, 2.24) is 9.80 Å². The van der Waals surface area contributed by atoms with Crippen molar-refractivity contribution < 1.29 is 14.7 Å². The van der Waals surface area contributed by atoms with Gasteiger partial charge in [-0.05, 0) is 37.5 Å². The van der Waals surface area contributed by atoms with Crippen molar-refractivity contribution in [3.05, 3.63) is 0 Å². The molecule has 0 aromatic heterocycles. The molecule has 1 saturated carbocycles. The summed E-state index contributed by atoms with van der Waals surface area (Å²) in [6.45, 7) is 2.85. The van der Waals surface area contributed by atoms with Gasteiger partial charge in [-0.15, -0.1) is 0 Å². The van der Waals surface area contributed by atoms with Gasteiger partial charge >= 0.3 is 12.0 Å². The number of amides is 2. The summed E-state index contributed by atoms with van der Waals surface area (Å²) in [5.74, 6) is 0.348. The first-order valence-corrected chi connectivity index (χ1v) is 8.42. The van der Waals surface area contributed by atoms with Gasteiger partial charge in [-0.25, -0.2) is 4.79 Å². The van der Waals surface area contributed by atoms with E-state index >= 15 is 0 Å². The van der Waals surface area contributed by atoms with Gasteiger partial charge in [0, 0.05) is 26.2 Å². The Labute approximate surface area is 126 Å². The number of piperidine rings is 2. The number of rotatable bonds is 1. The van der Waals surface area contributed by atoms with Crippen LogP contribution in [0.5, 0.6) is 0 Å². The van der Waals surface area contributed by atoms with E-state index < -0.39 is 5.97 Å². The van der Waals surface area contributed by atoms with Gasteiger partial charge in [0.1, 0.15) is 0 Å². The zero-order chi connectivity index (χ0) is 14.8. The number of urea groups is 1. The minimum absolute atomic E-state index is 0.0740. The van der Waals surface area contributed by atoms with Crippen LogP contribution >= 0.6 is 0 Å². The first-order chi connectivity index (χ1) is 10.1. The van der Waals surface area contributed by atoms with Gasteiger partial charge in [-0.3, -0.25) is 4.79 Å². The third kappa shape index (κ3) is 3.16. The molecule has 2 heterocycles. The number of hydrogen-bond donors (Lipinski definition) is 1. The monoisotopic (exact) mass is 294 g/mol. The van der Waals surface area contributed by atoms with Crippen LogP contribution in [-0.2, 0) is 4.79 Å². The van der Waals surface area contributed by atoms with Crippen molar-refractivity contribution in [2.24, 2.45) is 17.8 Å². The maximum Gasteiger partial charge on any atom is 0.320 e. The lowest BCUT2D eigenvalue weighted by atomic mass is 9.75. The SMILES string of the molecule is O=C(O)[C@H]1CCCN(C(=O)N2CCC3CCCCC3C2)C1. The van der Waals surface area contributed by atoms with Crippen molar-refractivity contribution in [3.63, 3.8) is 0 Å². The van der Waals surface area contributed by atoms with Crippen molar-refractivity contribution >= 4 is 12.0 Å². The molecule has 0 spiro atoms. The molecule has 3 fully saturated rings. The van der Waals surface area contributed by atoms with E-state index in [0.717, 1.165) is 31.8 Å². The van der Waals surface area contributed by atoms with Crippen molar-refractivity contribution in [3.8, 4) is 0 Å². The summed E-state index contributed by atoms with van der Waals surface area (Å²) in [6, 6.07) is 0.0740. The molecule has 2 amide bonds. The molecular weight excluding hydrogens is 268 g/mol. The highest BCUT2D eigenvalue weighted by atomic mass is 16.4. The van der Waals surface area contributed by atoms with Crippen LogP contribution in [0.1, 0.15) is 44.9 Å². The number of nitrogens with zero attached hydrogens (tertiary/aromatic N) is 2. The Balaban J connectivity index is 1.58. The van der Waals surface area contributed by atoms with Crippen LogP contribution in [0.2, 0.25) is 0 Å². The fraction of sp³-hybridized carbons (Fsp3) is 0.875. The summed E-state index contributed by atoms with van der Waals surface area (Å²) in [7, 11) is 0. The van der Waals surface area contributed by atoms with E-state index in [-0.39, 0.29) is 11.9 Å². The normalized spacial score (nSPS) is 33.4. The molecule has 2 unspecified atom stereocenters. The number of carbonyl (C=O) groups is 2. The van der Waals surface area contributed by atoms with Gasteiger partial charge in [0.15, 0.2) is 0 Å². The highest BCUT2D eigenvalue weighted by Crippen LogP contribution is 2.36. The average Bonchev–Trinajstić information content (AvgIpc) is 2.53. The predicted molar refractivity (Wildman–Crippen MR) is 79.0 cm³/mol. The maximum absolute atomic E-state index is 12.7. The van der Waals surface area contributed by atoms with E-state index in [0.29, 0.717) is 25.4 Å². The first kappa shape index (κ1) is 14.7. The summed E-state index contributed by atoms with van der Waals surface area (Å²) >= 11 is 0. The van der Waals surface area contributed by atoms with E-state index in [2.05, 4.69) is 0 Å². The summed E-state index contributed by atoms with van der Waals surface area (Å²) in [6.07, 6.45) is 7.87. The lowest BCUT2D eigenvalue weighted by Crippen LogP contribution is -2.53. The molecule has 118 valence electrons. The number of carbonyl (C=O) groups excluding carboxylic acids is 1. The van der Waals surface area contributed by atoms with Gasteiger partial charge in [-0.1, -0.05) is 19.3 Å². The number of aliphatic carboxylic acids is 1. The van der Waals surface area contributed by atoms with E-state index in [1.807, 2.05) is 4.90 Å². The quantitative estimate of drug-likeness (QED) is 0.808. The lowest BCUT2D eigenvalue weighted by molar-refractivity contribution is -0.143. The van der Waals surface area contributed by atoms with Gasteiger partial charge < -0.3 is 14.9 Å². The Morgan fingerprint density at radius 3 is 2.29 bits per heavy atom. The summed E-state index contributed by atoms with van der Waals surface area (Å²) < 4.78 is 0. The second-order valence-corrected chi connectivity index (χ2v) is 6.95. The molecule has 5 heteroatoms. The van der Waals surface area contributed by atoms with Gasteiger partial charge in [0.2, 0.25) is 0 Å². The Bertz CT molecular complexity index is 412. The van der Waals surface area contributed by atoms with Gasteiger partial charge in [0.25, 0.3) is 0 Å². The minimum Gasteiger partial charge on any atom is -0.481 e. The first-order valence-electron chi connectivity index (χ1n) is 8.42. The Morgan fingerprint density at radius 2 is 1.52 bits per heavy atom. The number of likely N-dealkylation sites (tertiary alicyclic amines) is 2. The topological polar surface area (TPSA) is 60.9 Å². The number of fused-ring (bicyclic) bond motifs is 1. The van der Waals surface area contributed by atoms with E-state index in [1.165, 1.54) is 25.7 Å². The third-order valence-corrected chi connectivity index (χ3v) is 5.60. The molecule has 0 bridgehead atoms. The van der Waals surface area contributed by atoms with Crippen LogP contribution < -0.4 is 0 Å². The van der Waals surface area contributed by atoms with Crippen LogP contribution in [0, 0.1) is 17.8 Å². The molecule has 0 radical (unpaired) electrons. The number of hydrogen-bond acceptors (Lipinski definition) is 2. The molecular formula is C16H26N2O3. The largest absolute Gasteiger partial charge is 0.481 e. The molecule has 3 rings (SSSR count). The fourth-order valence-electron chi connectivity index (χ4n) is 4.33. The lowest BCUT2D eigenvalue weighted by Gasteiger charge is -2.43. The maximum atomic E-state index is 12.7. The van der Waals surface area contributed by atoms with Crippen LogP contribution in [0.4, 0.5) is 4.79 Å². The van der Waals surface area contributed by atoms with Crippen molar-refractivity contribution in [2.75, 3.05) is 26.2 Å². The van der Waals surface area contributed by atoms with Gasteiger partial charge in [-0.2, -0.15) is 0 Å². The molecule has 5 nitrogen and oxygen atoms in total. The number of carboxylic acid groups (broad SMARTS) is 1. The van der Waals surface area contributed by atoms with Crippen molar-refractivity contribution in [2.45, 2.75) is 44.9 Å². The van der Waals surface area contributed by atoms with E-state index in [4.69, 9.17) is 5.11 Å². The molecule has 21 heavy (non-hydrogen) atoms.